The zero-order valence-corrected chi connectivity index (χ0v) is 10.1. The van der Waals surface area contributed by atoms with Gasteiger partial charge in [0.25, 0.3) is 5.69 Å². The lowest BCUT2D eigenvalue weighted by Gasteiger charge is -2.40. The Morgan fingerprint density at radius 3 is 2.45 bits per heavy atom. The number of nitro groups is 1. The van der Waals surface area contributed by atoms with Gasteiger partial charge in [0, 0.05) is 12.1 Å². The summed E-state index contributed by atoms with van der Waals surface area (Å²) < 4.78 is 9.78. The first kappa shape index (κ1) is 14.6. The molecule has 4 N–H and O–H groups in total. The number of hydrogen-bond acceptors (Lipinski definition) is 8. The van der Waals surface area contributed by atoms with Gasteiger partial charge in [-0.1, -0.05) is 0 Å². The van der Waals surface area contributed by atoms with Crippen molar-refractivity contribution in [3.8, 4) is 5.75 Å². The van der Waals surface area contributed by atoms with Crippen LogP contribution in [0.1, 0.15) is 0 Å². The molecule has 1 saturated heterocycles. The Balaban J connectivity index is 2.13. The van der Waals surface area contributed by atoms with Gasteiger partial charge in [0.2, 0.25) is 0 Å². The average molecular weight is 287 g/mol. The summed E-state index contributed by atoms with van der Waals surface area (Å²) in [5.41, 5.74) is -0.176. The average Bonchev–Trinajstić information content (AvgIpc) is 2.42. The molecule has 2 rings (SSSR count). The van der Waals surface area contributed by atoms with Crippen LogP contribution in [-0.4, -0.2) is 56.2 Å². The molecule has 0 unspecified atom stereocenters. The molecule has 110 valence electrons. The van der Waals surface area contributed by atoms with Crippen molar-refractivity contribution in [1.29, 1.82) is 0 Å². The smallest absolute Gasteiger partial charge is 0.355 e. The molecule has 0 aliphatic carbocycles. The van der Waals surface area contributed by atoms with Gasteiger partial charge >= 0.3 is 5.97 Å². The van der Waals surface area contributed by atoms with Crippen molar-refractivity contribution in [2.24, 2.45) is 0 Å². The summed E-state index contributed by atoms with van der Waals surface area (Å²) in [5, 5.41) is 48.8. The number of rotatable bonds is 3. The largest absolute Gasteiger partial charge is 0.437 e. The fraction of sp³-hybridized carbons (Fsp3) is 0.455. The molecule has 0 aromatic heterocycles. The van der Waals surface area contributed by atoms with E-state index in [0.29, 0.717) is 0 Å². The normalized spacial score (nSPS) is 33.7. The van der Waals surface area contributed by atoms with Crippen molar-refractivity contribution in [1.82, 2.24) is 0 Å². The maximum Gasteiger partial charge on any atom is 0.355 e. The molecule has 1 aliphatic rings. The fourth-order valence-corrected chi connectivity index (χ4v) is 1.71. The van der Waals surface area contributed by atoms with Crippen LogP contribution in [0.2, 0.25) is 0 Å². The summed E-state index contributed by atoms with van der Waals surface area (Å²) in [5.74, 6) is -2.56. The Hall–Kier alpha value is -1.78. The van der Waals surface area contributed by atoms with Gasteiger partial charge in [-0.15, -0.1) is 0 Å². The molecule has 20 heavy (non-hydrogen) atoms. The van der Waals surface area contributed by atoms with E-state index >= 15 is 0 Å². The minimum Gasteiger partial charge on any atom is -0.437 e. The highest BCUT2D eigenvalue weighted by Crippen LogP contribution is 2.28. The van der Waals surface area contributed by atoms with Gasteiger partial charge in [-0.3, -0.25) is 10.1 Å². The topological polar surface area (TPSA) is 143 Å². The van der Waals surface area contributed by atoms with Crippen molar-refractivity contribution in [2.45, 2.75) is 24.3 Å². The van der Waals surface area contributed by atoms with Crippen LogP contribution < -0.4 is 4.74 Å². The number of hydrogen-bond donors (Lipinski definition) is 4. The molecule has 0 saturated carbocycles. The summed E-state index contributed by atoms with van der Waals surface area (Å²) in [6, 6.07) is 4.67. The molecule has 1 heterocycles. The van der Waals surface area contributed by atoms with E-state index in [1.165, 1.54) is 12.1 Å². The summed E-state index contributed by atoms with van der Waals surface area (Å²) in [6.45, 7) is -0.443. The molecular weight excluding hydrogens is 274 g/mol. The molecule has 1 aromatic carbocycles. The van der Waals surface area contributed by atoms with E-state index in [1.54, 1.807) is 0 Å². The predicted octanol–water partition coefficient (Wildman–Crippen LogP) is -1.27. The van der Waals surface area contributed by atoms with Gasteiger partial charge in [-0.05, 0) is 12.1 Å². The Bertz CT molecular complexity index is 492. The maximum absolute atomic E-state index is 10.5. The molecule has 0 bridgehead atoms. The number of nitrogens with zero attached hydrogens (tertiary/aromatic N) is 1. The lowest BCUT2D eigenvalue weighted by atomic mass is 10.0. The number of ether oxygens (including phenoxy) is 2. The van der Waals surface area contributed by atoms with Crippen molar-refractivity contribution in [3.63, 3.8) is 0 Å². The molecule has 9 nitrogen and oxygen atoms in total. The summed E-state index contributed by atoms with van der Waals surface area (Å²) in [4.78, 5) is 9.88. The van der Waals surface area contributed by atoms with Crippen LogP contribution in [0.15, 0.2) is 24.3 Å². The van der Waals surface area contributed by atoms with E-state index in [9.17, 15) is 30.5 Å². The van der Waals surface area contributed by atoms with E-state index < -0.39 is 35.8 Å². The third-order valence-electron chi connectivity index (χ3n) is 2.86. The van der Waals surface area contributed by atoms with E-state index in [-0.39, 0.29) is 11.4 Å². The highest BCUT2D eigenvalue weighted by Gasteiger charge is 2.51. The van der Waals surface area contributed by atoms with Crippen LogP contribution in [0.3, 0.4) is 0 Å². The van der Waals surface area contributed by atoms with Crippen LogP contribution in [-0.2, 0) is 4.74 Å². The van der Waals surface area contributed by atoms with Crippen LogP contribution in [0.4, 0.5) is 5.69 Å². The molecule has 1 fully saturated rings. The van der Waals surface area contributed by atoms with Crippen molar-refractivity contribution >= 4 is 5.69 Å². The summed E-state index contributed by atoms with van der Waals surface area (Å²) in [6.07, 6.45) is -4.90. The Morgan fingerprint density at radius 1 is 1.30 bits per heavy atom. The third-order valence-corrected chi connectivity index (χ3v) is 2.86. The third kappa shape index (κ3) is 2.71. The maximum atomic E-state index is 10.5. The Morgan fingerprint density at radius 2 is 1.90 bits per heavy atom. The minimum atomic E-state index is -2.55. The SMILES string of the molecule is O=[N+]([O-])c1ccc(O[C@]2(O)OC[C@H](O)[C@H](O)[C@H]2O)cc1. The van der Waals surface area contributed by atoms with Crippen LogP contribution in [0.25, 0.3) is 0 Å². The second-order valence-electron chi connectivity index (χ2n) is 4.30. The summed E-state index contributed by atoms with van der Waals surface area (Å²) >= 11 is 0. The van der Waals surface area contributed by atoms with Gasteiger partial charge < -0.3 is 29.9 Å². The molecule has 0 amide bonds. The molecule has 9 heteroatoms. The van der Waals surface area contributed by atoms with Gasteiger partial charge in [0.15, 0.2) is 6.10 Å². The fourth-order valence-electron chi connectivity index (χ4n) is 1.71. The number of non-ortho nitro benzene ring substituents is 1. The van der Waals surface area contributed by atoms with E-state index in [2.05, 4.69) is 0 Å². The van der Waals surface area contributed by atoms with E-state index in [1.807, 2.05) is 0 Å². The van der Waals surface area contributed by atoms with Crippen molar-refractivity contribution in [3.05, 3.63) is 34.4 Å². The van der Waals surface area contributed by atoms with E-state index in [0.717, 1.165) is 12.1 Å². The zero-order chi connectivity index (χ0) is 14.9. The van der Waals surface area contributed by atoms with Gasteiger partial charge in [0.05, 0.1) is 11.5 Å². The Kier molecular flexibility index (Phi) is 3.88. The highest BCUT2D eigenvalue weighted by molar-refractivity contribution is 5.36. The molecule has 4 atom stereocenters. The minimum absolute atomic E-state index is 0.0132. The quantitative estimate of drug-likeness (QED) is 0.306. The second-order valence-corrected chi connectivity index (χ2v) is 4.30. The standard InChI is InChI=1S/C11H13NO8/c13-8-5-19-11(16,10(15)9(8)14)20-7-3-1-6(2-4-7)12(17)18/h1-4,8-10,13-16H,5H2/t8-,9-,10+,11+/m0/s1. The number of benzene rings is 1. The molecular formula is C11H13NO8. The first-order valence-electron chi connectivity index (χ1n) is 5.67. The lowest BCUT2D eigenvalue weighted by Crippen LogP contribution is -2.63. The molecule has 0 radical (unpaired) electrons. The predicted molar refractivity (Wildman–Crippen MR) is 62.6 cm³/mol. The molecule has 0 spiro atoms. The van der Waals surface area contributed by atoms with Crippen LogP contribution in [0, 0.1) is 10.1 Å². The lowest BCUT2D eigenvalue weighted by molar-refractivity contribution is -0.401. The van der Waals surface area contributed by atoms with Gasteiger partial charge in [-0.2, -0.15) is 0 Å². The monoisotopic (exact) mass is 287 g/mol. The Labute approximate surface area is 112 Å². The van der Waals surface area contributed by atoms with Crippen LogP contribution in [0.5, 0.6) is 5.75 Å². The molecule has 1 aromatic rings. The number of aliphatic hydroxyl groups excluding tert-OH is 3. The number of nitro benzene ring substituents is 1. The summed E-state index contributed by atoms with van der Waals surface area (Å²) in [7, 11) is 0. The van der Waals surface area contributed by atoms with E-state index in [4.69, 9.17) is 9.47 Å². The first-order valence-corrected chi connectivity index (χ1v) is 5.67. The molecule has 1 aliphatic heterocycles. The first-order chi connectivity index (χ1) is 9.33. The van der Waals surface area contributed by atoms with Crippen molar-refractivity contribution in [2.75, 3.05) is 6.61 Å². The van der Waals surface area contributed by atoms with Gasteiger partial charge in [-0.25, -0.2) is 0 Å². The second kappa shape index (κ2) is 5.31. The van der Waals surface area contributed by atoms with Crippen molar-refractivity contribution < 1.29 is 34.8 Å². The highest BCUT2D eigenvalue weighted by atomic mass is 16.8. The zero-order valence-electron chi connectivity index (χ0n) is 10.1. The van der Waals surface area contributed by atoms with Crippen LogP contribution >= 0.6 is 0 Å². The van der Waals surface area contributed by atoms with Gasteiger partial charge in [0.1, 0.15) is 18.0 Å². The number of aliphatic hydroxyl groups is 4.